The smallest absolute Gasteiger partial charge is 0.222 e. The number of carbonyl (C=O) groups excluding carboxylic acids is 1. The van der Waals surface area contributed by atoms with E-state index in [0.29, 0.717) is 10.8 Å². The standard InChI is InChI=1S/C25H23ClN6O2S/c1-15(33)30-21-8-17(6-7-27-21)20-9-19(23(35-20)24-28-14-29-31-24)22(16-2-4-18(26)5-3-16)32-10-25(11-32)12-34-13-25/h2-9,14,22H,10-13H2,1H3,(H,27,30,33)(H,28,29,31). The molecule has 0 aliphatic carbocycles. The number of hydrogen-bond acceptors (Lipinski definition) is 7. The van der Waals surface area contributed by atoms with Crippen molar-refractivity contribution in [3.8, 4) is 21.1 Å². The molecule has 0 saturated carbocycles. The SMILES string of the molecule is CC(=O)Nc1cc(-c2cc(C(c3ccc(Cl)cc3)N3CC4(COC4)C3)c(-c3nnc[nH]3)s2)ccn1. The molecule has 4 aromatic rings. The molecule has 1 unspecified atom stereocenters. The summed E-state index contributed by atoms with van der Waals surface area (Å²) in [5, 5.41) is 11.9. The molecular formula is C25H23ClN6O2S. The van der Waals surface area contributed by atoms with Gasteiger partial charge in [-0.05, 0) is 47.0 Å². The number of carbonyl (C=O) groups is 1. The first kappa shape index (κ1) is 22.4. The number of rotatable bonds is 6. The highest BCUT2D eigenvalue weighted by molar-refractivity contribution is 7.19. The van der Waals surface area contributed by atoms with Gasteiger partial charge in [-0.1, -0.05) is 23.7 Å². The number of aromatic amines is 1. The quantitative estimate of drug-likeness (QED) is 0.396. The molecule has 0 bridgehead atoms. The van der Waals surface area contributed by atoms with E-state index >= 15 is 0 Å². The minimum atomic E-state index is -0.154. The van der Waals surface area contributed by atoms with E-state index in [1.807, 2.05) is 24.3 Å². The van der Waals surface area contributed by atoms with Crippen molar-refractivity contribution in [2.45, 2.75) is 13.0 Å². The number of pyridine rings is 1. The van der Waals surface area contributed by atoms with Crippen LogP contribution in [0.5, 0.6) is 0 Å². The van der Waals surface area contributed by atoms with Crippen LogP contribution in [0, 0.1) is 5.41 Å². The van der Waals surface area contributed by atoms with Crippen LogP contribution in [0.25, 0.3) is 21.1 Å². The van der Waals surface area contributed by atoms with Crippen molar-refractivity contribution in [3.63, 3.8) is 0 Å². The lowest BCUT2D eigenvalue weighted by Gasteiger charge is -2.57. The van der Waals surface area contributed by atoms with Crippen LogP contribution in [0.4, 0.5) is 5.82 Å². The Labute approximate surface area is 211 Å². The molecule has 5 heterocycles. The molecule has 2 aliphatic rings. The molecule has 35 heavy (non-hydrogen) atoms. The van der Waals surface area contributed by atoms with Gasteiger partial charge in [-0.2, -0.15) is 0 Å². The molecular weight excluding hydrogens is 484 g/mol. The van der Waals surface area contributed by atoms with Crippen LogP contribution in [0.15, 0.2) is 55.0 Å². The summed E-state index contributed by atoms with van der Waals surface area (Å²) >= 11 is 7.87. The Kier molecular flexibility index (Phi) is 5.64. The molecule has 0 radical (unpaired) electrons. The number of likely N-dealkylation sites (tertiary alicyclic amines) is 1. The largest absolute Gasteiger partial charge is 0.380 e. The average molecular weight is 507 g/mol. The van der Waals surface area contributed by atoms with Gasteiger partial charge in [0.15, 0.2) is 5.82 Å². The zero-order chi connectivity index (χ0) is 24.0. The molecule has 10 heteroatoms. The Balaban J connectivity index is 1.45. The van der Waals surface area contributed by atoms with Crippen molar-refractivity contribution in [1.29, 1.82) is 0 Å². The highest BCUT2D eigenvalue weighted by Gasteiger charge is 2.51. The first-order chi connectivity index (χ1) is 17.0. The second-order valence-corrected chi connectivity index (χ2v) is 10.7. The molecule has 178 valence electrons. The third kappa shape index (κ3) is 4.25. The Morgan fingerprint density at radius 2 is 2.03 bits per heavy atom. The number of aromatic nitrogens is 4. The Morgan fingerprint density at radius 3 is 2.69 bits per heavy atom. The summed E-state index contributed by atoms with van der Waals surface area (Å²) in [4.78, 5) is 23.6. The molecule has 1 spiro atoms. The van der Waals surface area contributed by atoms with E-state index in [4.69, 9.17) is 16.3 Å². The van der Waals surface area contributed by atoms with Crippen molar-refractivity contribution in [1.82, 2.24) is 25.1 Å². The van der Waals surface area contributed by atoms with Gasteiger partial charge in [-0.15, -0.1) is 21.5 Å². The Hall–Kier alpha value is -3.11. The van der Waals surface area contributed by atoms with E-state index in [1.165, 1.54) is 12.5 Å². The van der Waals surface area contributed by atoms with E-state index in [0.717, 1.165) is 53.0 Å². The maximum absolute atomic E-state index is 11.5. The van der Waals surface area contributed by atoms with E-state index < -0.39 is 0 Å². The summed E-state index contributed by atoms with van der Waals surface area (Å²) in [7, 11) is 0. The van der Waals surface area contributed by atoms with Gasteiger partial charge in [0.05, 0.1) is 24.1 Å². The van der Waals surface area contributed by atoms with Gasteiger partial charge in [-0.25, -0.2) is 4.98 Å². The zero-order valence-corrected chi connectivity index (χ0v) is 20.6. The fraction of sp³-hybridized carbons (Fsp3) is 0.280. The second-order valence-electron chi connectivity index (χ2n) is 9.20. The normalized spacial score (nSPS) is 17.5. The Bertz CT molecular complexity index is 1360. The molecule has 2 N–H and O–H groups in total. The fourth-order valence-corrected chi connectivity index (χ4v) is 6.15. The monoisotopic (exact) mass is 506 g/mol. The molecule has 2 aliphatic heterocycles. The third-order valence-electron chi connectivity index (χ3n) is 6.48. The molecule has 8 nitrogen and oxygen atoms in total. The van der Waals surface area contributed by atoms with E-state index in [2.05, 4.69) is 48.6 Å². The van der Waals surface area contributed by atoms with Crippen LogP contribution in [0.1, 0.15) is 24.1 Å². The van der Waals surface area contributed by atoms with Gasteiger partial charge >= 0.3 is 0 Å². The maximum atomic E-state index is 11.5. The van der Waals surface area contributed by atoms with Crippen molar-refractivity contribution < 1.29 is 9.53 Å². The third-order valence-corrected chi connectivity index (χ3v) is 7.94. The number of ether oxygens (including phenoxy) is 1. The summed E-state index contributed by atoms with van der Waals surface area (Å²) in [6.45, 7) is 5.07. The number of anilines is 1. The maximum Gasteiger partial charge on any atom is 0.222 e. The minimum absolute atomic E-state index is 0.0280. The lowest BCUT2D eigenvalue weighted by atomic mass is 9.76. The number of halogens is 1. The topological polar surface area (TPSA) is 96.0 Å². The first-order valence-corrected chi connectivity index (χ1v) is 12.5. The predicted molar refractivity (Wildman–Crippen MR) is 135 cm³/mol. The fourth-order valence-electron chi connectivity index (χ4n) is 4.89. The Morgan fingerprint density at radius 1 is 1.23 bits per heavy atom. The van der Waals surface area contributed by atoms with Gasteiger partial charge in [0.2, 0.25) is 5.91 Å². The number of benzene rings is 1. The van der Waals surface area contributed by atoms with E-state index in [9.17, 15) is 4.79 Å². The summed E-state index contributed by atoms with van der Waals surface area (Å²) in [5.74, 6) is 1.10. The highest BCUT2D eigenvalue weighted by Crippen LogP contribution is 2.49. The second kappa shape index (κ2) is 8.83. The van der Waals surface area contributed by atoms with Crippen LogP contribution in [-0.2, 0) is 9.53 Å². The first-order valence-electron chi connectivity index (χ1n) is 11.3. The number of thiophene rings is 1. The van der Waals surface area contributed by atoms with Gasteiger partial charge in [0.25, 0.3) is 0 Å². The number of H-pyrrole nitrogens is 1. The highest BCUT2D eigenvalue weighted by atomic mass is 35.5. The van der Waals surface area contributed by atoms with Crippen LogP contribution in [0.3, 0.4) is 0 Å². The summed E-state index contributed by atoms with van der Waals surface area (Å²) in [5.41, 5.74) is 3.57. The summed E-state index contributed by atoms with van der Waals surface area (Å²) in [6, 6.07) is 14.2. The molecule has 1 amide bonds. The van der Waals surface area contributed by atoms with Gasteiger partial charge in [0, 0.05) is 41.5 Å². The lowest BCUT2D eigenvalue weighted by molar-refractivity contribution is -0.195. The predicted octanol–water partition coefficient (Wildman–Crippen LogP) is 4.63. The van der Waals surface area contributed by atoms with Crippen LogP contribution in [-0.4, -0.2) is 57.3 Å². The molecule has 2 saturated heterocycles. The van der Waals surface area contributed by atoms with Crippen LogP contribution < -0.4 is 5.32 Å². The minimum Gasteiger partial charge on any atom is -0.380 e. The molecule has 2 fully saturated rings. The number of amides is 1. The average Bonchev–Trinajstić information content (AvgIpc) is 3.45. The molecule has 1 atom stereocenters. The van der Waals surface area contributed by atoms with Gasteiger partial charge in [0.1, 0.15) is 12.1 Å². The van der Waals surface area contributed by atoms with Gasteiger partial charge in [-0.3, -0.25) is 9.69 Å². The van der Waals surface area contributed by atoms with Gasteiger partial charge < -0.3 is 15.0 Å². The van der Waals surface area contributed by atoms with Crippen molar-refractivity contribution in [2.75, 3.05) is 31.6 Å². The zero-order valence-electron chi connectivity index (χ0n) is 19.0. The van der Waals surface area contributed by atoms with Crippen molar-refractivity contribution in [2.24, 2.45) is 5.41 Å². The molecule has 6 rings (SSSR count). The molecule has 3 aromatic heterocycles. The van der Waals surface area contributed by atoms with Crippen LogP contribution >= 0.6 is 22.9 Å². The van der Waals surface area contributed by atoms with E-state index in [1.54, 1.807) is 23.9 Å². The number of nitrogens with one attached hydrogen (secondary N) is 2. The van der Waals surface area contributed by atoms with E-state index in [-0.39, 0.29) is 17.4 Å². The number of hydrogen-bond donors (Lipinski definition) is 2. The molecule has 1 aromatic carbocycles. The lowest BCUT2D eigenvalue weighted by Crippen LogP contribution is -2.66. The van der Waals surface area contributed by atoms with Crippen molar-refractivity contribution in [3.05, 3.63) is 71.1 Å². The summed E-state index contributed by atoms with van der Waals surface area (Å²) in [6.07, 6.45) is 3.31. The van der Waals surface area contributed by atoms with Crippen LogP contribution in [0.2, 0.25) is 5.02 Å². The van der Waals surface area contributed by atoms with Crippen molar-refractivity contribution >= 4 is 34.7 Å². The number of nitrogens with zero attached hydrogens (tertiary/aromatic N) is 4. The summed E-state index contributed by atoms with van der Waals surface area (Å²) < 4.78 is 5.52.